The van der Waals surface area contributed by atoms with Crippen LogP contribution in [0.25, 0.3) is 0 Å². The summed E-state index contributed by atoms with van der Waals surface area (Å²) >= 11 is 0. The van der Waals surface area contributed by atoms with Gasteiger partial charge in [0.15, 0.2) is 23.4 Å². The lowest BCUT2D eigenvalue weighted by atomic mass is 9.56. The molecule has 1 unspecified atom stereocenters. The normalized spacial score (nSPS) is 33.3. The van der Waals surface area contributed by atoms with Gasteiger partial charge in [-0.25, -0.2) is 0 Å². The quantitative estimate of drug-likeness (QED) is 0.887. The van der Waals surface area contributed by atoms with Gasteiger partial charge in [0.25, 0.3) is 0 Å². The summed E-state index contributed by atoms with van der Waals surface area (Å²) in [6.45, 7) is 3.17. The maximum absolute atomic E-state index is 12.7. The summed E-state index contributed by atoms with van der Waals surface area (Å²) in [5.41, 5.74) is 3.74. The van der Waals surface area contributed by atoms with Gasteiger partial charge in [-0.2, -0.15) is 0 Å². The fourth-order valence-corrected chi connectivity index (χ4v) is 5.80. The molecule has 4 nitrogen and oxygen atoms in total. The first kappa shape index (κ1) is 17.1. The van der Waals surface area contributed by atoms with Gasteiger partial charge >= 0.3 is 0 Å². The number of rotatable bonds is 4. The first-order chi connectivity index (χ1) is 13.1. The topological polar surface area (TPSA) is 47.6 Å². The average Bonchev–Trinajstić information content (AvgIpc) is 3.02. The van der Waals surface area contributed by atoms with Crippen LogP contribution >= 0.6 is 0 Å². The molecule has 27 heavy (non-hydrogen) atoms. The Balaban J connectivity index is 1.52. The molecule has 1 aromatic rings. The molecule has 1 fully saturated rings. The lowest BCUT2D eigenvalue weighted by Gasteiger charge is -2.49. The number of benzene rings is 1. The van der Waals surface area contributed by atoms with Crippen LogP contribution in [0.5, 0.6) is 11.5 Å². The number of hydrogen-bond acceptors (Lipinski definition) is 4. The minimum Gasteiger partial charge on any atom is -0.493 e. The van der Waals surface area contributed by atoms with Gasteiger partial charge in [0.2, 0.25) is 0 Å². The fourth-order valence-electron chi connectivity index (χ4n) is 5.80. The molecule has 1 aliphatic heterocycles. The Labute approximate surface area is 160 Å². The maximum Gasteiger partial charge on any atom is 0.174 e. The highest BCUT2D eigenvalue weighted by molar-refractivity contribution is 5.89. The summed E-state index contributed by atoms with van der Waals surface area (Å²) in [5, 5.41) is 3.84. The van der Waals surface area contributed by atoms with Crippen LogP contribution in [-0.2, 0) is 16.6 Å². The molecule has 0 radical (unpaired) electrons. The SMILES string of the molecule is COc1ccc2c3c1O[C@@H]1C(=O)CC[C@H]([C@@H](NCC4=CC=CCC4)C2)C31C. The van der Waals surface area contributed by atoms with E-state index in [1.807, 2.05) is 6.07 Å². The van der Waals surface area contributed by atoms with Crippen LogP contribution in [0, 0.1) is 5.92 Å². The summed E-state index contributed by atoms with van der Waals surface area (Å²) in [5.74, 6) is 2.20. The smallest absolute Gasteiger partial charge is 0.174 e. The van der Waals surface area contributed by atoms with Crippen LogP contribution in [-0.4, -0.2) is 31.6 Å². The Morgan fingerprint density at radius 2 is 2.22 bits per heavy atom. The predicted molar refractivity (Wildman–Crippen MR) is 104 cm³/mol. The van der Waals surface area contributed by atoms with E-state index in [9.17, 15) is 4.79 Å². The zero-order valence-corrected chi connectivity index (χ0v) is 16.1. The lowest BCUT2D eigenvalue weighted by Crippen LogP contribution is -2.59. The van der Waals surface area contributed by atoms with Gasteiger partial charge in [-0.05, 0) is 43.2 Å². The van der Waals surface area contributed by atoms with Crippen molar-refractivity contribution < 1.29 is 14.3 Å². The Kier molecular flexibility index (Phi) is 3.94. The van der Waals surface area contributed by atoms with Crippen LogP contribution in [0.4, 0.5) is 0 Å². The van der Waals surface area contributed by atoms with Crippen LogP contribution in [0.3, 0.4) is 0 Å². The zero-order valence-electron chi connectivity index (χ0n) is 16.1. The van der Waals surface area contributed by atoms with Crippen molar-refractivity contribution in [1.29, 1.82) is 0 Å². The number of hydrogen-bond donors (Lipinski definition) is 1. The summed E-state index contributed by atoms with van der Waals surface area (Å²) < 4.78 is 11.8. The molecule has 3 aliphatic carbocycles. The van der Waals surface area contributed by atoms with E-state index in [0.717, 1.165) is 43.7 Å². The summed E-state index contributed by atoms with van der Waals surface area (Å²) in [6, 6.07) is 4.53. The van der Waals surface area contributed by atoms with Crippen molar-refractivity contribution in [3.63, 3.8) is 0 Å². The highest BCUT2D eigenvalue weighted by atomic mass is 16.5. The van der Waals surface area contributed by atoms with Crippen LogP contribution in [0.2, 0.25) is 0 Å². The molecule has 1 aromatic carbocycles. The highest BCUT2D eigenvalue weighted by Gasteiger charge is 2.61. The Morgan fingerprint density at radius 3 is 3.00 bits per heavy atom. The summed E-state index contributed by atoms with van der Waals surface area (Å²) in [6.07, 6.45) is 11.1. The fraction of sp³-hybridized carbons (Fsp3) is 0.522. The molecule has 0 aromatic heterocycles. The van der Waals surface area contributed by atoms with Crippen LogP contribution < -0.4 is 14.8 Å². The minimum absolute atomic E-state index is 0.235. The molecule has 5 rings (SSSR count). The highest BCUT2D eigenvalue weighted by Crippen LogP contribution is 2.59. The average molecular weight is 365 g/mol. The second-order valence-corrected chi connectivity index (χ2v) is 8.51. The first-order valence-electron chi connectivity index (χ1n) is 10.1. The molecule has 1 N–H and O–H groups in total. The number of methoxy groups -OCH3 is 1. The number of carbonyl (C=O) groups excluding carboxylic acids is 1. The second kappa shape index (κ2) is 6.23. The van der Waals surface area contributed by atoms with E-state index < -0.39 is 0 Å². The maximum atomic E-state index is 12.7. The van der Waals surface area contributed by atoms with E-state index >= 15 is 0 Å². The number of ether oxygens (including phenoxy) is 2. The molecule has 142 valence electrons. The zero-order chi connectivity index (χ0) is 18.6. The van der Waals surface area contributed by atoms with Crippen LogP contribution in [0.15, 0.2) is 35.9 Å². The van der Waals surface area contributed by atoms with Gasteiger partial charge in [0.1, 0.15) is 0 Å². The number of carbonyl (C=O) groups is 1. The van der Waals surface area contributed by atoms with Gasteiger partial charge in [-0.1, -0.05) is 36.8 Å². The largest absolute Gasteiger partial charge is 0.493 e. The van der Waals surface area contributed by atoms with Crippen molar-refractivity contribution in [3.05, 3.63) is 47.1 Å². The van der Waals surface area contributed by atoms with E-state index in [2.05, 4.69) is 36.5 Å². The van der Waals surface area contributed by atoms with Gasteiger partial charge < -0.3 is 14.8 Å². The van der Waals surface area contributed by atoms with E-state index in [4.69, 9.17) is 9.47 Å². The molecule has 0 bridgehead atoms. The monoisotopic (exact) mass is 365 g/mol. The predicted octanol–water partition coefficient (Wildman–Crippen LogP) is 3.48. The van der Waals surface area contributed by atoms with Crippen molar-refractivity contribution in [2.45, 2.75) is 56.6 Å². The third-order valence-electron chi connectivity index (χ3n) is 7.13. The van der Waals surface area contributed by atoms with E-state index in [1.54, 1.807) is 7.11 Å². The standard InChI is InChI=1S/C23H27NO3/c1-23-16-9-10-18(25)22(23)27-21-19(26-2)11-8-15(20(21)23)12-17(16)24-13-14-6-4-3-5-7-14/h3-4,6,8,11,16-17,22,24H,5,7,9-10,12-13H2,1-2H3/t16-,17+,22-,23?/m1/s1. The van der Waals surface area contributed by atoms with Crippen molar-refractivity contribution >= 4 is 5.78 Å². The van der Waals surface area contributed by atoms with Crippen molar-refractivity contribution in [2.75, 3.05) is 13.7 Å². The Bertz CT molecular complexity index is 855. The van der Waals surface area contributed by atoms with Crippen LogP contribution in [0.1, 0.15) is 43.7 Å². The summed E-state index contributed by atoms with van der Waals surface area (Å²) in [4.78, 5) is 12.7. The number of nitrogens with one attached hydrogen (secondary N) is 1. The molecular formula is C23H27NO3. The minimum atomic E-state index is -0.372. The molecule has 4 aliphatic rings. The van der Waals surface area contributed by atoms with Crippen molar-refractivity contribution in [2.24, 2.45) is 5.92 Å². The molecular weight excluding hydrogens is 338 g/mol. The van der Waals surface area contributed by atoms with E-state index in [-0.39, 0.29) is 17.3 Å². The molecule has 4 heteroatoms. The molecule has 0 saturated heterocycles. The molecule has 1 heterocycles. The molecule has 1 saturated carbocycles. The molecule has 0 amide bonds. The Morgan fingerprint density at radius 1 is 1.33 bits per heavy atom. The molecule has 0 spiro atoms. The van der Waals surface area contributed by atoms with Crippen molar-refractivity contribution in [1.82, 2.24) is 5.32 Å². The lowest BCUT2D eigenvalue weighted by molar-refractivity contribution is -0.133. The second-order valence-electron chi connectivity index (χ2n) is 8.51. The van der Waals surface area contributed by atoms with E-state index in [1.165, 1.54) is 16.7 Å². The number of allylic oxidation sites excluding steroid dienone is 3. The molecule has 4 atom stereocenters. The number of ketones is 1. The van der Waals surface area contributed by atoms with Gasteiger partial charge in [-0.15, -0.1) is 0 Å². The third kappa shape index (κ3) is 2.42. The van der Waals surface area contributed by atoms with Crippen molar-refractivity contribution in [3.8, 4) is 11.5 Å². The Hall–Kier alpha value is -2.07. The van der Waals surface area contributed by atoms with E-state index in [0.29, 0.717) is 18.4 Å². The first-order valence-corrected chi connectivity index (χ1v) is 10.1. The van der Waals surface area contributed by atoms with Gasteiger partial charge in [0.05, 0.1) is 7.11 Å². The summed E-state index contributed by atoms with van der Waals surface area (Å²) in [7, 11) is 1.67. The van der Waals surface area contributed by atoms with Gasteiger partial charge in [-0.3, -0.25) is 4.79 Å². The number of Topliss-reactive ketones (excluding diaryl/α,β-unsaturated/α-hetero) is 1. The third-order valence-corrected chi connectivity index (χ3v) is 7.13. The van der Waals surface area contributed by atoms with Gasteiger partial charge in [0, 0.05) is 30.0 Å².